The molecule has 0 aromatic heterocycles. The van der Waals surface area contributed by atoms with Crippen molar-refractivity contribution < 1.29 is 14.3 Å². The molecule has 0 spiro atoms. The highest BCUT2D eigenvalue weighted by Crippen LogP contribution is 2.21. The highest BCUT2D eigenvalue weighted by atomic mass is 16.6. The highest BCUT2D eigenvalue weighted by molar-refractivity contribution is 5.81. The van der Waals surface area contributed by atoms with Gasteiger partial charge < -0.3 is 9.47 Å². The Morgan fingerprint density at radius 1 is 1.44 bits per heavy atom. The molecule has 0 radical (unpaired) electrons. The molecule has 3 atom stereocenters. The molecule has 0 aromatic carbocycles. The van der Waals surface area contributed by atoms with Crippen molar-refractivity contribution in [2.45, 2.75) is 32.2 Å². The second-order valence-corrected chi connectivity index (χ2v) is 4.04. The predicted octanol–water partition coefficient (Wildman–Crippen LogP) is 2.25. The lowest BCUT2D eigenvalue weighted by molar-refractivity contribution is -0.149. The third-order valence-electron chi connectivity index (χ3n) is 2.44. The van der Waals surface area contributed by atoms with Gasteiger partial charge in [-0.3, -0.25) is 0 Å². The molecule has 1 aliphatic rings. The van der Waals surface area contributed by atoms with E-state index in [1.54, 1.807) is 6.08 Å². The van der Waals surface area contributed by atoms with Crippen LogP contribution < -0.4 is 0 Å². The normalized spacial score (nSPS) is 28.8. The van der Waals surface area contributed by atoms with Crippen LogP contribution in [0.2, 0.25) is 0 Å². The van der Waals surface area contributed by atoms with Gasteiger partial charge >= 0.3 is 5.97 Å². The maximum Gasteiger partial charge on any atom is 0.330 e. The van der Waals surface area contributed by atoms with Crippen molar-refractivity contribution in [1.82, 2.24) is 0 Å². The van der Waals surface area contributed by atoms with Crippen molar-refractivity contribution in [3.05, 3.63) is 37.5 Å². The van der Waals surface area contributed by atoms with Gasteiger partial charge in [0.2, 0.25) is 0 Å². The van der Waals surface area contributed by atoms with Gasteiger partial charge in [-0.05, 0) is 12.0 Å². The van der Waals surface area contributed by atoms with Gasteiger partial charge in [0.05, 0.1) is 6.10 Å². The van der Waals surface area contributed by atoms with Gasteiger partial charge in [0.15, 0.2) is 6.10 Å². The Morgan fingerprint density at radius 3 is 2.62 bits per heavy atom. The molecule has 1 aliphatic heterocycles. The van der Waals surface area contributed by atoms with E-state index in [-0.39, 0.29) is 12.2 Å². The average molecular weight is 222 g/mol. The lowest BCUT2D eigenvalue weighted by atomic mass is 10.0. The number of hydrogen-bond acceptors (Lipinski definition) is 3. The van der Waals surface area contributed by atoms with Crippen molar-refractivity contribution in [3.8, 4) is 0 Å². The lowest BCUT2D eigenvalue weighted by Gasteiger charge is -2.31. The van der Waals surface area contributed by atoms with Crippen LogP contribution in [0.5, 0.6) is 0 Å². The first-order valence-corrected chi connectivity index (χ1v) is 5.38. The summed E-state index contributed by atoms with van der Waals surface area (Å²) in [5.41, 5.74) is 0. The molecule has 0 bridgehead atoms. The van der Waals surface area contributed by atoms with Gasteiger partial charge in [0, 0.05) is 6.08 Å². The monoisotopic (exact) mass is 222 g/mol. The molecule has 0 unspecified atom stereocenters. The molecule has 1 rings (SSSR count). The number of hydrogen-bond donors (Lipinski definition) is 0. The summed E-state index contributed by atoms with van der Waals surface area (Å²) >= 11 is 0. The first-order chi connectivity index (χ1) is 7.58. The lowest BCUT2D eigenvalue weighted by Crippen LogP contribution is -2.38. The molecular formula is C13H18O3. The van der Waals surface area contributed by atoms with E-state index in [9.17, 15) is 4.79 Å². The van der Waals surface area contributed by atoms with Gasteiger partial charge in [-0.15, -0.1) is 6.58 Å². The van der Waals surface area contributed by atoms with E-state index in [1.807, 2.05) is 12.2 Å². The van der Waals surface area contributed by atoms with Crippen LogP contribution in [0.15, 0.2) is 37.5 Å². The van der Waals surface area contributed by atoms with E-state index in [4.69, 9.17) is 9.47 Å². The standard InChI is InChI=1S/C13H18O3/c1-5-10-12(16-13(14)6-2)8-7-11(15-10)9(3)4/h5-12H,1-2H2,3-4H3/t10-,11+,12-/m1/s1. The van der Waals surface area contributed by atoms with Gasteiger partial charge in [-0.25, -0.2) is 4.79 Å². The minimum atomic E-state index is -0.451. The smallest absolute Gasteiger partial charge is 0.330 e. The second-order valence-electron chi connectivity index (χ2n) is 4.04. The predicted molar refractivity (Wildman–Crippen MR) is 62.9 cm³/mol. The van der Waals surface area contributed by atoms with Gasteiger partial charge in [0.1, 0.15) is 6.10 Å². The zero-order valence-corrected chi connectivity index (χ0v) is 9.76. The summed E-state index contributed by atoms with van der Waals surface area (Å²) in [7, 11) is 0. The summed E-state index contributed by atoms with van der Waals surface area (Å²) in [4.78, 5) is 11.1. The highest BCUT2D eigenvalue weighted by Gasteiger charge is 2.28. The second kappa shape index (κ2) is 5.66. The van der Waals surface area contributed by atoms with E-state index in [0.29, 0.717) is 5.92 Å². The first-order valence-electron chi connectivity index (χ1n) is 5.38. The SMILES string of the molecule is C=CC(=O)O[C@@H]1C=C[C@@H](C(C)C)O[C@@H]1C=C. The zero-order valence-electron chi connectivity index (χ0n) is 9.76. The minimum Gasteiger partial charge on any atom is -0.452 e. The fourth-order valence-electron chi connectivity index (χ4n) is 1.49. The minimum absolute atomic E-state index is 0.0432. The van der Waals surface area contributed by atoms with Crippen LogP contribution in [0.25, 0.3) is 0 Å². The van der Waals surface area contributed by atoms with Crippen LogP contribution in [-0.2, 0) is 14.3 Å². The van der Waals surface area contributed by atoms with E-state index >= 15 is 0 Å². The van der Waals surface area contributed by atoms with E-state index in [2.05, 4.69) is 27.0 Å². The van der Waals surface area contributed by atoms with E-state index in [1.165, 1.54) is 0 Å². The summed E-state index contributed by atoms with van der Waals surface area (Å²) in [6, 6.07) is 0. The number of ether oxygens (including phenoxy) is 2. The summed E-state index contributed by atoms with van der Waals surface area (Å²) < 4.78 is 10.9. The van der Waals surface area contributed by atoms with Gasteiger partial charge in [-0.2, -0.15) is 0 Å². The average Bonchev–Trinajstić information content (AvgIpc) is 2.29. The van der Waals surface area contributed by atoms with Crippen molar-refractivity contribution in [3.63, 3.8) is 0 Å². The summed E-state index contributed by atoms with van der Waals surface area (Å²) in [6.45, 7) is 11.2. The third-order valence-corrected chi connectivity index (χ3v) is 2.44. The van der Waals surface area contributed by atoms with Crippen molar-refractivity contribution in [2.75, 3.05) is 0 Å². The van der Waals surface area contributed by atoms with Crippen molar-refractivity contribution in [2.24, 2.45) is 5.92 Å². The molecule has 0 aliphatic carbocycles. The fourth-order valence-corrected chi connectivity index (χ4v) is 1.49. The fraction of sp³-hybridized carbons (Fsp3) is 0.462. The molecular weight excluding hydrogens is 204 g/mol. The Hall–Kier alpha value is -1.35. The number of carbonyl (C=O) groups excluding carboxylic acids is 1. The van der Waals surface area contributed by atoms with Crippen LogP contribution in [0.1, 0.15) is 13.8 Å². The summed E-state index contributed by atoms with van der Waals surface area (Å²) in [5, 5.41) is 0. The van der Waals surface area contributed by atoms with Crippen LogP contribution in [0.3, 0.4) is 0 Å². The molecule has 16 heavy (non-hydrogen) atoms. The largest absolute Gasteiger partial charge is 0.452 e. The molecule has 3 heteroatoms. The van der Waals surface area contributed by atoms with E-state index in [0.717, 1.165) is 6.08 Å². The summed E-state index contributed by atoms with van der Waals surface area (Å²) in [6.07, 6.45) is 5.91. The molecule has 88 valence electrons. The van der Waals surface area contributed by atoms with E-state index < -0.39 is 12.1 Å². The third kappa shape index (κ3) is 3.07. The first kappa shape index (κ1) is 12.7. The van der Waals surface area contributed by atoms with Crippen molar-refractivity contribution in [1.29, 1.82) is 0 Å². The van der Waals surface area contributed by atoms with Crippen LogP contribution in [0, 0.1) is 5.92 Å². The summed E-state index contributed by atoms with van der Waals surface area (Å²) in [5.74, 6) is -0.0668. The molecule has 1 heterocycles. The Balaban J connectivity index is 2.71. The maximum absolute atomic E-state index is 11.1. The van der Waals surface area contributed by atoms with Crippen LogP contribution >= 0.6 is 0 Å². The van der Waals surface area contributed by atoms with Gasteiger partial charge in [-0.1, -0.05) is 32.6 Å². The number of carbonyl (C=O) groups is 1. The Morgan fingerprint density at radius 2 is 2.12 bits per heavy atom. The Kier molecular flexibility index (Phi) is 4.50. The zero-order chi connectivity index (χ0) is 12.1. The number of esters is 1. The molecule has 0 aromatic rings. The Bertz CT molecular complexity index is 304. The molecule has 0 saturated carbocycles. The molecule has 0 saturated heterocycles. The topological polar surface area (TPSA) is 35.5 Å². The molecule has 0 fully saturated rings. The molecule has 0 N–H and O–H groups in total. The quantitative estimate of drug-likeness (QED) is 0.416. The molecule has 0 amide bonds. The molecule has 3 nitrogen and oxygen atoms in total. The maximum atomic E-state index is 11.1. The van der Waals surface area contributed by atoms with Crippen molar-refractivity contribution >= 4 is 5.97 Å². The van der Waals surface area contributed by atoms with Crippen LogP contribution in [0.4, 0.5) is 0 Å². The number of rotatable bonds is 4. The van der Waals surface area contributed by atoms with Crippen LogP contribution in [-0.4, -0.2) is 24.3 Å². The Labute approximate surface area is 96.4 Å². The van der Waals surface area contributed by atoms with Gasteiger partial charge in [0.25, 0.3) is 0 Å².